The molecular weight excluding hydrogens is 584 g/mol. The normalized spacial score (nSPS) is 20.1. The molecule has 3 aromatic rings. The van der Waals surface area contributed by atoms with Crippen LogP contribution in [0.15, 0.2) is 73.1 Å². The molecule has 0 radical (unpaired) electrons. The Morgan fingerprint density at radius 1 is 1.09 bits per heavy atom. The Labute approximate surface area is 271 Å². The van der Waals surface area contributed by atoms with E-state index in [9.17, 15) is 19.5 Å². The Kier molecular flexibility index (Phi) is 12.7. The van der Waals surface area contributed by atoms with Crippen molar-refractivity contribution in [2.75, 3.05) is 38.7 Å². The molecule has 1 aromatic heterocycles. The van der Waals surface area contributed by atoms with Gasteiger partial charge < -0.3 is 29.7 Å². The third kappa shape index (κ3) is 9.61. The molecule has 246 valence electrons. The lowest BCUT2D eigenvalue weighted by atomic mass is 10.0. The van der Waals surface area contributed by atoms with Crippen LogP contribution in [0, 0.1) is 5.92 Å². The summed E-state index contributed by atoms with van der Waals surface area (Å²) >= 11 is 0. The van der Waals surface area contributed by atoms with E-state index >= 15 is 0 Å². The van der Waals surface area contributed by atoms with Gasteiger partial charge in [0, 0.05) is 56.3 Å². The van der Waals surface area contributed by atoms with Crippen LogP contribution in [0.2, 0.25) is 0 Å². The smallest absolute Gasteiger partial charge is 0.258 e. The molecule has 3 amide bonds. The zero-order chi connectivity index (χ0) is 33.1. The van der Waals surface area contributed by atoms with Gasteiger partial charge in [-0.05, 0) is 69.0 Å². The number of hydrogen-bond donors (Lipinski definition) is 2. The zero-order valence-electron chi connectivity index (χ0n) is 27.2. The number of aliphatic hydroxyl groups is 1. The van der Waals surface area contributed by atoms with Crippen LogP contribution in [0.5, 0.6) is 5.75 Å². The molecule has 0 spiro atoms. The first-order valence-electron chi connectivity index (χ1n) is 16.0. The maximum Gasteiger partial charge on any atom is 0.258 e. The summed E-state index contributed by atoms with van der Waals surface area (Å²) < 4.78 is 12.7. The van der Waals surface area contributed by atoms with Gasteiger partial charge in [0.15, 0.2) is 0 Å². The highest BCUT2D eigenvalue weighted by Crippen LogP contribution is 2.28. The Morgan fingerprint density at radius 2 is 1.83 bits per heavy atom. The molecule has 4 rings (SSSR count). The number of aromatic nitrogens is 1. The zero-order valence-corrected chi connectivity index (χ0v) is 27.2. The van der Waals surface area contributed by atoms with Crippen LogP contribution in [0.4, 0.5) is 5.69 Å². The molecule has 2 N–H and O–H groups in total. The highest BCUT2D eigenvalue weighted by molar-refractivity contribution is 6.00. The van der Waals surface area contributed by atoms with Crippen molar-refractivity contribution in [3.63, 3.8) is 0 Å². The van der Waals surface area contributed by atoms with Gasteiger partial charge in [0.05, 0.1) is 36.8 Å². The van der Waals surface area contributed by atoms with Crippen LogP contribution in [0.3, 0.4) is 0 Å². The summed E-state index contributed by atoms with van der Waals surface area (Å²) in [5, 5.41) is 13.1. The number of nitrogens with zero attached hydrogens (tertiary/aromatic N) is 3. The highest BCUT2D eigenvalue weighted by Gasteiger charge is 2.31. The van der Waals surface area contributed by atoms with Crippen molar-refractivity contribution in [1.82, 2.24) is 14.8 Å². The van der Waals surface area contributed by atoms with Gasteiger partial charge in [0.2, 0.25) is 5.91 Å². The minimum absolute atomic E-state index is 0.143. The van der Waals surface area contributed by atoms with Crippen LogP contribution >= 0.6 is 0 Å². The van der Waals surface area contributed by atoms with Gasteiger partial charge in [-0.25, -0.2) is 0 Å². The molecule has 0 bridgehead atoms. The van der Waals surface area contributed by atoms with Crippen LogP contribution in [0.25, 0.3) is 0 Å². The highest BCUT2D eigenvalue weighted by atomic mass is 16.5. The first-order valence-corrected chi connectivity index (χ1v) is 16.0. The van der Waals surface area contributed by atoms with Gasteiger partial charge in [-0.2, -0.15) is 0 Å². The molecular formula is C36H46N4O6. The predicted octanol–water partition coefficient (Wildman–Crippen LogP) is 4.83. The molecule has 10 nitrogen and oxygen atoms in total. The largest absolute Gasteiger partial charge is 0.490 e. The number of hydrogen-bond acceptors (Lipinski definition) is 7. The van der Waals surface area contributed by atoms with Crippen LogP contribution in [-0.2, 0) is 16.0 Å². The monoisotopic (exact) mass is 630 g/mol. The van der Waals surface area contributed by atoms with E-state index in [1.165, 1.54) is 0 Å². The number of carbonyl (C=O) groups is 3. The third-order valence-electron chi connectivity index (χ3n) is 8.27. The number of anilines is 1. The minimum atomic E-state index is -0.513. The lowest BCUT2D eigenvalue weighted by molar-refractivity contribution is -0.115. The summed E-state index contributed by atoms with van der Waals surface area (Å²) in [4.78, 5) is 47.6. The fraction of sp³-hybridized carbons (Fsp3) is 0.444. The van der Waals surface area contributed by atoms with E-state index in [1.54, 1.807) is 66.5 Å². The maximum absolute atomic E-state index is 14.3. The second-order valence-corrected chi connectivity index (χ2v) is 12.1. The number of nitrogens with one attached hydrogen (secondary N) is 1. The van der Waals surface area contributed by atoms with E-state index in [2.05, 4.69) is 10.3 Å². The number of benzene rings is 2. The molecule has 2 aromatic carbocycles. The number of likely N-dealkylation sites (N-methyl/N-ethyl adjacent to an activating group) is 1. The van der Waals surface area contributed by atoms with E-state index in [4.69, 9.17) is 9.47 Å². The van der Waals surface area contributed by atoms with E-state index in [0.717, 1.165) is 24.8 Å². The molecule has 10 heteroatoms. The Bertz CT molecular complexity index is 1440. The maximum atomic E-state index is 14.3. The number of aliphatic hydroxyl groups excluding tert-OH is 1. The Hall–Kier alpha value is -4.28. The molecule has 0 fully saturated rings. The van der Waals surface area contributed by atoms with E-state index < -0.39 is 6.04 Å². The number of rotatable bonds is 8. The number of pyridine rings is 1. The first kappa shape index (κ1) is 34.6. The second kappa shape index (κ2) is 16.9. The lowest BCUT2D eigenvalue weighted by Crippen LogP contribution is -2.48. The summed E-state index contributed by atoms with van der Waals surface area (Å²) in [5.74, 6) is -0.435. The van der Waals surface area contributed by atoms with Gasteiger partial charge in [0.1, 0.15) is 5.75 Å². The standard InChI is InChI=1S/C36H46N4O6/c1-25-22-40(26(2)24-41)36(44)31-21-30(38-34(42)20-28-11-6-5-7-12-28)13-14-32(31)46-27(3)10-8-9-19-45-33(25)23-39(4)35(43)29-15-17-37-18-16-29/h5-7,11-18,21,25-27,33,41H,8-10,19-20,22-24H2,1-4H3,(H,38,42)/t25-,26-,27+,33-/m1/s1. The lowest BCUT2D eigenvalue weighted by Gasteiger charge is -2.36. The quantitative estimate of drug-likeness (QED) is 0.366. The van der Waals surface area contributed by atoms with Crippen molar-refractivity contribution >= 4 is 23.4 Å². The van der Waals surface area contributed by atoms with Crippen molar-refractivity contribution in [3.05, 3.63) is 89.7 Å². The van der Waals surface area contributed by atoms with Crippen LogP contribution in [0.1, 0.15) is 66.3 Å². The van der Waals surface area contributed by atoms with Gasteiger partial charge in [0.25, 0.3) is 11.8 Å². The fourth-order valence-corrected chi connectivity index (χ4v) is 5.52. The van der Waals surface area contributed by atoms with E-state index in [1.807, 2.05) is 44.2 Å². The average molecular weight is 631 g/mol. The van der Waals surface area contributed by atoms with Gasteiger partial charge in [-0.3, -0.25) is 19.4 Å². The molecule has 2 heterocycles. The first-order chi connectivity index (χ1) is 22.2. The topological polar surface area (TPSA) is 121 Å². The summed E-state index contributed by atoms with van der Waals surface area (Å²) in [6.07, 6.45) is 5.27. The van der Waals surface area contributed by atoms with Crippen molar-refractivity contribution < 1.29 is 29.0 Å². The number of carbonyl (C=O) groups excluding carboxylic acids is 3. The SMILES string of the molecule is C[C@@H]1CN([C@H](C)CO)C(=O)c2cc(NC(=O)Cc3ccccc3)ccc2O[C@@H](C)CCCCO[C@@H]1CN(C)C(=O)c1ccncc1. The molecule has 4 atom stereocenters. The molecule has 0 saturated heterocycles. The van der Waals surface area contributed by atoms with Gasteiger partial charge >= 0.3 is 0 Å². The fourth-order valence-electron chi connectivity index (χ4n) is 5.52. The Balaban J connectivity index is 1.60. The minimum Gasteiger partial charge on any atom is -0.490 e. The molecule has 1 aliphatic rings. The number of amides is 3. The molecule has 0 aliphatic carbocycles. The average Bonchev–Trinajstić information content (AvgIpc) is 3.06. The molecule has 0 saturated carbocycles. The number of fused-ring (bicyclic) bond motifs is 1. The third-order valence-corrected chi connectivity index (χ3v) is 8.27. The Morgan fingerprint density at radius 3 is 2.54 bits per heavy atom. The van der Waals surface area contributed by atoms with Gasteiger partial charge in [-0.15, -0.1) is 0 Å². The van der Waals surface area contributed by atoms with Crippen LogP contribution < -0.4 is 10.1 Å². The summed E-state index contributed by atoms with van der Waals surface area (Å²) in [5.41, 5.74) is 2.20. The van der Waals surface area contributed by atoms with Gasteiger partial charge in [-0.1, -0.05) is 37.3 Å². The predicted molar refractivity (Wildman–Crippen MR) is 177 cm³/mol. The summed E-state index contributed by atoms with van der Waals surface area (Å²) in [6, 6.07) is 17.4. The van der Waals surface area contributed by atoms with Crippen molar-refractivity contribution in [2.24, 2.45) is 5.92 Å². The summed E-state index contributed by atoms with van der Waals surface area (Å²) in [6.45, 7) is 6.60. The van der Waals surface area contributed by atoms with E-state index in [0.29, 0.717) is 35.7 Å². The molecule has 46 heavy (non-hydrogen) atoms. The summed E-state index contributed by atoms with van der Waals surface area (Å²) in [7, 11) is 1.74. The molecule has 0 unspecified atom stereocenters. The second-order valence-electron chi connectivity index (χ2n) is 12.1. The molecule has 1 aliphatic heterocycles. The van der Waals surface area contributed by atoms with Crippen molar-refractivity contribution in [1.29, 1.82) is 0 Å². The van der Waals surface area contributed by atoms with Crippen molar-refractivity contribution in [2.45, 2.75) is 64.7 Å². The number of ether oxygens (including phenoxy) is 2. The van der Waals surface area contributed by atoms with Crippen molar-refractivity contribution in [3.8, 4) is 5.75 Å². The van der Waals surface area contributed by atoms with Crippen LogP contribution in [-0.4, -0.2) is 89.2 Å². The van der Waals surface area contributed by atoms with E-state index in [-0.39, 0.29) is 55.4 Å².